The van der Waals surface area contributed by atoms with E-state index in [0.717, 1.165) is 24.1 Å². The first-order chi connectivity index (χ1) is 12.8. The van der Waals surface area contributed by atoms with Crippen LogP contribution >= 0.6 is 0 Å². The summed E-state index contributed by atoms with van der Waals surface area (Å²) in [6, 6.07) is 13.5. The molecule has 0 spiro atoms. The number of carbonyl (C=O) groups excluding carboxylic acids is 2. The lowest BCUT2D eigenvalue weighted by Crippen LogP contribution is -2.36. The Bertz CT molecular complexity index is 776. The molecule has 1 amide bonds. The maximum Gasteiger partial charge on any atom is 0.416 e. The Morgan fingerprint density at radius 3 is 2.44 bits per heavy atom. The Balaban J connectivity index is 1.78. The van der Waals surface area contributed by atoms with E-state index in [0.29, 0.717) is 12.5 Å². The predicted molar refractivity (Wildman–Crippen MR) is 94.1 cm³/mol. The van der Waals surface area contributed by atoms with Gasteiger partial charge in [-0.15, -0.1) is 0 Å². The zero-order valence-corrected chi connectivity index (χ0v) is 14.8. The van der Waals surface area contributed by atoms with Gasteiger partial charge in [-0.3, -0.25) is 4.79 Å². The Labute approximate surface area is 155 Å². The minimum atomic E-state index is -4.55. The maximum absolute atomic E-state index is 12.7. The number of aryl methyl sites for hydroxylation is 1. The van der Waals surface area contributed by atoms with Gasteiger partial charge in [-0.1, -0.05) is 36.4 Å². The topological polar surface area (TPSA) is 55.4 Å². The van der Waals surface area contributed by atoms with Crippen LogP contribution < -0.4 is 5.32 Å². The van der Waals surface area contributed by atoms with Crippen molar-refractivity contribution in [2.45, 2.75) is 32.0 Å². The van der Waals surface area contributed by atoms with Crippen molar-refractivity contribution in [3.63, 3.8) is 0 Å². The Morgan fingerprint density at radius 2 is 1.78 bits per heavy atom. The summed E-state index contributed by atoms with van der Waals surface area (Å²) in [7, 11) is 0. The molecular weight excluding hydrogens is 359 g/mol. The molecule has 27 heavy (non-hydrogen) atoms. The van der Waals surface area contributed by atoms with E-state index >= 15 is 0 Å². The lowest BCUT2D eigenvalue weighted by atomic mass is 10.1. The Hall–Kier alpha value is -2.83. The monoisotopic (exact) mass is 379 g/mol. The number of ether oxygens (including phenoxy) is 1. The van der Waals surface area contributed by atoms with Crippen LogP contribution in [0.5, 0.6) is 0 Å². The molecule has 1 unspecified atom stereocenters. The van der Waals surface area contributed by atoms with Gasteiger partial charge in [-0.05, 0) is 43.5 Å². The lowest BCUT2D eigenvalue weighted by molar-refractivity contribution is -0.137. The van der Waals surface area contributed by atoms with Crippen LogP contribution in [0, 0.1) is 0 Å². The molecule has 1 N–H and O–H groups in total. The van der Waals surface area contributed by atoms with Crippen LogP contribution in [0.4, 0.5) is 13.2 Å². The molecule has 4 nitrogen and oxygen atoms in total. The molecule has 1 atom stereocenters. The van der Waals surface area contributed by atoms with Crippen molar-refractivity contribution in [1.29, 1.82) is 0 Å². The minimum absolute atomic E-state index is 0.134. The fourth-order valence-electron chi connectivity index (χ4n) is 2.45. The molecule has 0 heterocycles. The second kappa shape index (κ2) is 9.21. The maximum atomic E-state index is 12.7. The van der Waals surface area contributed by atoms with Crippen LogP contribution in [0.15, 0.2) is 54.6 Å². The van der Waals surface area contributed by atoms with Crippen LogP contribution in [-0.2, 0) is 22.1 Å². The first-order valence-electron chi connectivity index (χ1n) is 8.43. The molecule has 2 rings (SSSR count). The number of esters is 1. The normalized spacial score (nSPS) is 12.3. The summed E-state index contributed by atoms with van der Waals surface area (Å²) < 4.78 is 42.8. The molecule has 0 saturated carbocycles. The highest BCUT2D eigenvalue weighted by atomic mass is 19.4. The smallest absolute Gasteiger partial charge is 0.416 e. The highest BCUT2D eigenvalue weighted by Gasteiger charge is 2.31. The second-order valence-corrected chi connectivity index (χ2v) is 6.15. The van der Waals surface area contributed by atoms with Crippen LogP contribution in [-0.4, -0.2) is 24.5 Å². The van der Waals surface area contributed by atoms with Crippen LogP contribution in [0.1, 0.15) is 34.8 Å². The summed E-state index contributed by atoms with van der Waals surface area (Å²) in [5, 5.41) is 2.70. The average molecular weight is 379 g/mol. The third-order valence-corrected chi connectivity index (χ3v) is 3.88. The van der Waals surface area contributed by atoms with E-state index in [-0.39, 0.29) is 11.6 Å². The molecule has 2 aromatic rings. The van der Waals surface area contributed by atoms with Crippen molar-refractivity contribution in [2.75, 3.05) is 6.61 Å². The zero-order valence-electron chi connectivity index (χ0n) is 14.8. The highest BCUT2D eigenvalue weighted by molar-refractivity contribution is 5.91. The number of nitrogens with one attached hydrogen (secondary N) is 1. The van der Waals surface area contributed by atoms with E-state index in [1.807, 2.05) is 37.3 Å². The number of hydrogen-bond acceptors (Lipinski definition) is 3. The average Bonchev–Trinajstić information content (AvgIpc) is 2.64. The number of carbonyl (C=O) groups is 2. The molecule has 0 aliphatic carbocycles. The van der Waals surface area contributed by atoms with Gasteiger partial charge in [0.1, 0.15) is 0 Å². The summed E-state index contributed by atoms with van der Waals surface area (Å²) in [4.78, 5) is 23.7. The quantitative estimate of drug-likeness (QED) is 0.740. The molecule has 0 saturated heterocycles. The van der Waals surface area contributed by atoms with E-state index in [4.69, 9.17) is 4.74 Å². The Kier molecular flexibility index (Phi) is 6.98. The van der Waals surface area contributed by atoms with Crippen LogP contribution in [0.25, 0.3) is 0 Å². The summed E-state index contributed by atoms with van der Waals surface area (Å²) in [6.45, 7) is 1.28. The summed E-state index contributed by atoms with van der Waals surface area (Å²) in [5.41, 5.74) is -0.0553. The van der Waals surface area contributed by atoms with E-state index in [9.17, 15) is 22.8 Å². The Morgan fingerprint density at radius 1 is 1.07 bits per heavy atom. The number of benzene rings is 2. The molecule has 0 bridgehead atoms. The van der Waals surface area contributed by atoms with E-state index in [1.165, 1.54) is 6.07 Å². The van der Waals surface area contributed by atoms with Crippen molar-refractivity contribution in [2.24, 2.45) is 0 Å². The highest BCUT2D eigenvalue weighted by Crippen LogP contribution is 2.29. The largest absolute Gasteiger partial charge is 0.452 e. The van der Waals surface area contributed by atoms with Gasteiger partial charge >= 0.3 is 12.1 Å². The molecule has 144 valence electrons. The molecule has 0 aromatic heterocycles. The first kappa shape index (κ1) is 20.5. The van der Waals surface area contributed by atoms with Crippen LogP contribution in [0.3, 0.4) is 0 Å². The van der Waals surface area contributed by atoms with Gasteiger partial charge in [0, 0.05) is 6.04 Å². The molecule has 0 aliphatic heterocycles. The SMILES string of the molecule is CC(CCc1ccccc1)NC(=O)COC(=O)c1cccc(C(F)(F)F)c1. The number of halogens is 3. The molecule has 0 aliphatic rings. The number of alkyl halides is 3. The number of amides is 1. The molecule has 7 heteroatoms. The van der Waals surface area contributed by atoms with Crippen molar-refractivity contribution in [1.82, 2.24) is 5.32 Å². The van der Waals surface area contributed by atoms with Crippen molar-refractivity contribution in [3.05, 3.63) is 71.3 Å². The third-order valence-electron chi connectivity index (χ3n) is 3.88. The standard InChI is InChI=1S/C20H20F3NO3/c1-14(10-11-15-6-3-2-4-7-15)24-18(25)13-27-19(26)16-8-5-9-17(12-16)20(21,22)23/h2-9,12,14H,10-11,13H2,1H3,(H,24,25). The predicted octanol–water partition coefficient (Wildman–Crippen LogP) is 4.00. The van der Waals surface area contributed by atoms with Crippen molar-refractivity contribution in [3.8, 4) is 0 Å². The van der Waals surface area contributed by atoms with Gasteiger partial charge in [-0.25, -0.2) is 4.79 Å². The lowest BCUT2D eigenvalue weighted by Gasteiger charge is -2.14. The summed E-state index contributed by atoms with van der Waals surface area (Å²) >= 11 is 0. The van der Waals surface area contributed by atoms with E-state index < -0.39 is 30.2 Å². The van der Waals surface area contributed by atoms with E-state index in [1.54, 1.807) is 0 Å². The van der Waals surface area contributed by atoms with Gasteiger partial charge in [0.25, 0.3) is 5.91 Å². The van der Waals surface area contributed by atoms with Gasteiger partial charge < -0.3 is 10.1 Å². The molecule has 2 aromatic carbocycles. The van der Waals surface area contributed by atoms with Crippen molar-refractivity contribution < 1.29 is 27.5 Å². The van der Waals surface area contributed by atoms with Crippen LogP contribution in [0.2, 0.25) is 0 Å². The van der Waals surface area contributed by atoms with Crippen molar-refractivity contribution >= 4 is 11.9 Å². The zero-order chi connectivity index (χ0) is 19.9. The molecule has 0 fully saturated rings. The second-order valence-electron chi connectivity index (χ2n) is 6.15. The number of hydrogen-bond donors (Lipinski definition) is 1. The van der Waals surface area contributed by atoms with Gasteiger partial charge in [0.15, 0.2) is 6.61 Å². The molecule has 0 radical (unpaired) electrons. The third kappa shape index (κ3) is 6.77. The van der Waals surface area contributed by atoms with Gasteiger partial charge in [0.2, 0.25) is 0 Å². The van der Waals surface area contributed by atoms with E-state index in [2.05, 4.69) is 5.32 Å². The summed E-state index contributed by atoms with van der Waals surface area (Å²) in [5.74, 6) is -1.48. The number of rotatable bonds is 7. The first-order valence-corrected chi connectivity index (χ1v) is 8.43. The fourth-order valence-corrected chi connectivity index (χ4v) is 2.45. The summed E-state index contributed by atoms with van der Waals surface area (Å²) in [6.07, 6.45) is -3.06. The molecular formula is C20H20F3NO3. The van der Waals surface area contributed by atoms with Gasteiger partial charge in [-0.2, -0.15) is 13.2 Å². The fraction of sp³-hybridized carbons (Fsp3) is 0.300. The minimum Gasteiger partial charge on any atom is -0.452 e. The van der Waals surface area contributed by atoms with Gasteiger partial charge in [0.05, 0.1) is 11.1 Å².